The summed E-state index contributed by atoms with van der Waals surface area (Å²) in [6.07, 6.45) is -2.90. The van der Waals surface area contributed by atoms with Crippen molar-refractivity contribution in [3.63, 3.8) is 0 Å². The summed E-state index contributed by atoms with van der Waals surface area (Å²) in [5.41, 5.74) is 4.88. The molecule has 0 saturated carbocycles. The highest BCUT2D eigenvalue weighted by molar-refractivity contribution is 5.82. The van der Waals surface area contributed by atoms with E-state index in [2.05, 4.69) is 4.98 Å². The molecule has 5 atom stereocenters. The Morgan fingerprint density at radius 3 is 2.62 bits per heavy atom. The molecular weight excluding hydrogens is 382 g/mol. The maximum atomic E-state index is 12.4. The average molecular weight is 405 g/mol. The van der Waals surface area contributed by atoms with Crippen molar-refractivity contribution in [2.75, 3.05) is 13.7 Å². The molecular formula is C19H23N3O7. The SMILES string of the molecule is COC1C(O)[C@H](CO)O[C@@H]1n1cc(CC(C(N)=O)c2ccccc2)c(=O)[nH]c1=O. The molecule has 1 aliphatic rings. The maximum absolute atomic E-state index is 12.4. The minimum atomic E-state index is -1.17. The van der Waals surface area contributed by atoms with Crippen LogP contribution in [0.15, 0.2) is 46.1 Å². The summed E-state index contributed by atoms with van der Waals surface area (Å²) in [5.74, 6) is -1.39. The first-order chi connectivity index (χ1) is 13.9. The number of amides is 1. The topological polar surface area (TPSA) is 157 Å². The summed E-state index contributed by atoms with van der Waals surface area (Å²) < 4.78 is 11.9. The summed E-state index contributed by atoms with van der Waals surface area (Å²) in [4.78, 5) is 38.9. The van der Waals surface area contributed by atoms with Gasteiger partial charge in [-0.25, -0.2) is 4.79 Å². The summed E-state index contributed by atoms with van der Waals surface area (Å²) in [7, 11) is 1.33. The molecule has 1 saturated heterocycles. The van der Waals surface area contributed by atoms with Crippen LogP contribution in [-0.2, 0) is 20.7 Å². The molecule has 1 fully saturated rings. The Kier molecular flexibility index (Phi) is 6.28. The van der Waals surface area contributed by atoms with Crippen molar-refractivity contribution in [2.24, 2.45) is 5.73 Å². The van der Waals surface area contributed by atoms with E-state index < -0.39 is 54.2 Å². The highest BCUT2D eigenvalue weighted by Crippen LogP contribution is 2.30. The third-order valence-electron chi connectivity index (χ3n) is 5.05. The second kappa shape index (κ2) is 8.70. The summed E-state index contributed by atoms with van der Waals surface area (Å²) in [5, 5.41) is 19.6. The molecule has 1 aromatic heterocycles. The zero-order valence-corrected chi connectivity index (χ0v) is 15.7. The van der Waals surface area contributed by atoms with Crippen molar-refractivity contribution in [3.8, 4) is 0 Å². The van der Waals surface area contributed by atoms with Crippen LogP contribution in [0.1, 0.15) is 23.3 Å². The summed E-state index contributed by atoms with van der Waals surface area (Å²) in [6, 6.07) is 8.75. The Morgan fingerprint density at radius 2 is 2.03 bits per heavy atom. The molecule has 2 aromatic rings. The monoisotopic (exact) mass is 405 g/mol. The Bertz CT molecular complexity index is 972. The van der Waals surface area contributed by atoms with Gasteiger partial charge in [-0.1, -0.05) is 30.3 Å². The first-order valence-corrected chi connectivity index (χ1v) is 9.03. The molecule has 0 bridgehead atoms. The van der Waals surface area contributed by atoms with E-state index in [9.17, 15) is 24.6 Å². The zero-order chi connectivity index (χ0) is 21.1. The minimum Gasteiger partial charge on any atom is -0.394 e. The van der Waals surface area contributed by atoms with Crippen molar-refractivity contribution in [1.82, 2.24) is 9.55 Å². The number of hydrogen-bond acceptors (Lipinski definition) is 7. The van der Waals surface area contributed by atoms with E-state index in [0.29, 0.717) is 5.56 Å². The Labute approximate surface area is 165 Å². The Balaban J connectivity index is 1.99. The predicted molar refractivity (Wildman–Crippen MR) is 101 cm³/mol. The number of nitrogens with two attached hydrogens (primary N) is 1. The highest BCUT2D eigenvalue weighted by atomic mass is 16.6. The number of carbonyl (C=O) groups is 1. The van der Waals surface area contributed by atoms with Gasteiger partial charge in [-0.3, -0.25) is 19.1 Å². The van der Waals surface area contributed by atoms with Crippen LogP contribution in [0.4, 0.5) is 0 Å². The van der Waals surface area contributed by atoms with Gasteiger partial charge in [-0.15, -0.1) is 0 Å². The molecule has 5 N–H and O–H groups in total. The predicted octanol–water partition coefficient (Wildman–Crippen LogP) is -1.39. The lowest BCUT2D eigenvalue weighted by atomic mass is 9.92. The molecule has 2 heterocycles. The molecule has 0 spiro atoms. The molecule has 1 amide bonds. The molecule has 3 unspecified atom stereocenters. The fraction of sp³-hybridized carbons (Fsp3) is 0.421. The van der Waals surface area contributed by atoms with Crippen molar-refractivity contribution in [2.45, 2.75) is 36.9 Å². The van der Waals surface area contributed by atoms with Gasteiger partial charge in [0, 0.05) is 18.9 Å². The zero-order valence-electron chi connectivity index (χ0n) is 15.7. The number of nitrogens with zero attached hydrogens (tertiary/aromatic N) is 1. The number of primary amides is 1. The maximum Gasteiger partial charge on any atom is 0.330 e. The molecule has 3 rings (SSSR count). The first-order valence-electron chi connectivity index (χ1n) is 9.03. The average Bonchev–Trinajstić information content (AvgIpc) is 3.03. The van der Waals surface area contributed by atoms with E-state index in [1.165, 1.54) is 13.3 Å². The molecule has 1 aliphatic heterocycles. The fourth-order valence-electron chi connectivity index (χ4n) is 3.50. The lowest BCUT2D eigenvalue weighted by Gasteiger charge is -2.21. The van der Waals surface area contributed by atoms with Gasteiger partial charge in [0.1, 0.15) is 18.3 Å². The molecule has 1 aromatic carbocycles. The van der Waals surface area contributed by atoms with Gasteiger partial charge < -0.3 is 25.4 Å². The van der Waals surface area contributed by atoms with Crippen LogP contribution in [-0.4, -0.2) is 57.7 Å². The van der Waals surface area contributed by atoms with Gasteiger partial charge >= 0.3 is 5.69 Å². The summed E-state index contributed by atoms with van der Waals surface area (Å²) in [6.45, 7) is -0.472. The number of methoxy groups -OCH3 is 1. The molecule has 0 aliphatic carbocycles. The van der Waals surface area contributed by atoms with Crippen LogP contribution in [0.25, 0.3) is 0 Å². The summed E-state index contributed by atoms with van der Waals surface area (Å²) >= 11 is 0. The van der Waals surface area contributed by atoms with Crippen LogP contribution in [0.5, 0.6) is 0 Å². The number of carbonyl (C=O) groups excluding carboxylic acids is 1. The van der Waals surface area contributed by atoms with Gasteiger partial charge in [-0.05, 0) is 12.0 Å². The lowest BCUT2D eigenvalue weighted by Crippen LogP contribution is -2.40. The number of benzene rings is 1. The normalized spacial score (nSPS) is 25.1. The molecule has 0 radical (unpaired) electrons. The number of aromatic amines is 1. The van der Waals surface area contributed by atoms with Gasteiger partial charge in [0.2, 0.25) is 5.91 Å². The Hall–Kier alpha value is -2.79. The molecule has 10 nitrogen and oxygen atoms in total. The van der Waals surface area contributed by atoms with Crippen LogP contribution in [0.3, 0.4) is 0 Å². The molecule has 156 valence electrons. The number of nitrogens with one attached hydrogen (secondary N) is 1. The number of aliphatic hydroxyl groups is 2. The fourth-order valence-corrected chi connectivity index (χ4v) is 3.50. The standard InChI is InChI=1S/C19H23N3O7/c1-28-15-14(24)13(9-23)29-18(15)22-8-11(17(26)21-19(22)27)7-12(16(20)25)10-5-3-2-4-6-10/h2-6,8,12-15,18,23-24H,7,9H2,1H3,(H2,20,25)(H,21,26,27)/t12?,13-,14?,15?,18-/m0/s1. The van der Waals surface area contributed by atoms with Crippen molar-refractivity contribution < 1.29 is 24.5 Å². The van der Waals surface area contributed by atoms with Gasteiger partial charge in [0.05, 0.1) is 12.5 Å². The van der Waals surface area contributed by atoms with Crippen molar-refractivity contribution in [1.29, 1.82) is 0 Å². The van der Waals surface area contributed by atoms with E-state index in [4.69, 9.17) is 15.2 Å². The second-order valence-electron chi connectivity index (χ2n) is 6.83. The first kappa shape index (κ1) is 20.9. The van der Waals surface area contributed by atoms with Crippen LogP contribution in [0.2, 0.25) is 0 Å². The van der Waals surface area contributed by atoms with E-state index in [1.54, 1.807) is 30.3 Å². The number of aromatic nitrogens is 2. The van der Waals surface area contributed by atoms with Crippen molar-refractivity contribution >= 4 is 5.91 Å². The third kappa shape index (κ3) is 4.15. The van der Waals surface area contributed by atoms with Crippen LogP contribution < -0.4 is 17.0 Å². The smallest absolute Gasteiger partial charge is 0.330 e. The number of aliphatic hydroxyl groups excluding tert-OH is 2. The van der Waals surface area contributed by atoms with Gasteiger partial charge in [-0.2, -0.15) is 0 Å². The quantitative estimate of drug-likeness (QED) is 0.442. The van der Waals surface area contributed by atoms with E-state index in [1.807, 2.05) is 0 Å². The second-order valence-corrected chi connectivity index (χ2v) is 6.83. The number of hydrogen-bond donors (Lipinski definition) is 4. The van der Waals surface area contributed by atoms with Gasteiger partial charge in [0.15, 0.2) is 6.23 Å². The number of rotatable bonds is 7. The van der Waals surface area contributed by atoms with E-state index in [-0.39, 0.29) is 12.0 Å². The molecule has 29 heavy (non-hydrogen) atoms. The van der Waals surface area contributed by atoms with Crippen LogP contribution >= 0.6 is 0 Å². The minimum absolute atomic E-state index is 0.0364. The van der Waals surface area contributed by atoms with Crippen molar-refractivity contribution in [3.05, 3.63) is 68.5 Å². The third-order valence-corrected chi connectivity index (χ3v) is 5.05. The van der Waals surface area contributed by atoms with E-state index >= 15 is 0 Å². The Morgan fingerprint density at radius 1 is 1.34 bits per heavy atom. The number of ether oxygens (including phenoxy) is 2. The largest absolute Gasteiger partial charge is 0.394 e. The number of H-pyrrole nitrogens is 1. The highest BCUT2D eigenvalue weighted by Gasteiger charge is 2.45. The lowest BCUT2D eigenvalue weighted by molar-refractivity contribution is -0.119. The molecule has 10 heteroatoms. The van der Waals surface area contributed by atoms with E-state index in [0.717, 1.165) is 4.57 Å². The van der Waals surface area contributed by atoms with Gasteiger partial charge in [0.25, 0.3) is 5.56 Å². The van der Waals surface area contributed by atoms with Crippen LogP contribution in [0, 0.1) is 0 Å².